The van der Waals surface area contributed by atoms with Crippen LogP contribution in [-0.2, 0) is 23.9 Å². The lowest BCUT2D eigenvalue weighted by atomic mass is 9.37. The van der Waals surface area contributed by atoms with E-state index in [9.17, 15) is 19.5 Å². The number of esters is 2. The third-order valence-corrected chi connectivity index (χ3v) is 8.06. The molecule has 7 atom stereocenters. The molecule has 4 rings (SSSR count). The molecule has 0 spiro atoms. The SMILES string of the molecule is C/C=C(/C)C(=O)O[C@H]1[C@@H](O)C(C)(C)[C@@H]2[C@H]3C(=O)C=C(C)[C@@H]2[C@@]3(C)[C@@H]1OC(=O)/C(C)=C\C. The van der Waals surface area contributed by atoms with Crippen molar-refractivity contribution in [1.82, 2.24) is 0 Å². The first kappa shape index (κ1) is 23.5. The monoisotopic (exact) mass is 430 g/mol. The number of carbonyl (C=O) groups excluding carboxylic acids is 3. The fourth-order valence-electron chi connectivity index (χ4n) is 6.04. The third-order valence-electron chi connectivity index (χ3n) is 8.06. The molecule has 6 nitrogen and oxygen atoms in total. The Morgan fingerprint density at radius 1 is 1.00 bits per heavy atom. The Hall–Kier alpha value is -2.21. The van der Waals surface area contributed by atoms with E-state index in [2.05, 4.69) is 0 Å². The van der Waals surface area contributed by atoms with Gasteiger partial charge in [-0.05, 0) is 57.9 Å². The smallest absolute Gasteiger partial charge is 0.333 e. The first-order valence-electron chi connectivity index (χ1n) is 10.9. The van der Waals surface area contributed by atoms with Crippen molar-refractivity contribution in [2.75, 3.05) is 0 Å². The molecular weight excluding hydrogens is 396 g/mol. The van der Waals surface area contributed by atoms with Gasteiger partial charge in [0.15, 0.2) is 11.9 Å². The highest BCUT2D eigenvalue weighted by atomic mass is 16.6. The molecule has 31 heavy (non-hydrogen) atoms. The molecule has 0 saturated heterocycles. The largest absolute Gasteiger partial charge is 0.454 e. The zero-order valence-electron chi connectivity index (χ0n) is 19.7. The highest BCUT2D eigenvalue weighted by molar-refractivity contribution is 5.97. The molecule has 3 fully saturated rings. The van der Waals surface area contributed by atoms with Gasteiger partial charge in [-0.3, -0.25) is 4.79 Å². The molecule has 4 bridgehead atoms. The van der Waals surface area contributed by atoms with Crippen LogP contribution in [0.2, 0.25) is 0 Å². The maximum absolute atomic E-state index is 13.1. The maximum atomic E-state index is 13.1. The summed E-state index contributed by atoms with van der Waals surface area (Å²) < 4.78 is 11.8. The molecule has 6 heteroatoms. The van der Waals surface area contributed by atoms with Gasteiger partial charge in [0.2, 0.25) is 0 Å². The number of hydrogen-bond acceptors (Lipinski definition) is 6. The van der Waals surface area contributed by atoms with Crippen molar-refractivity contribution in [1.29, 1.82) is 0 Å². The lowest BCUT2D eigenvalue weighted by molar-refractivity contribution is -0.212. The average molecular weight is 431 g/mol. The number of hydrogen-bond donors (Lipinski definition) is 1. The van der Waals surface area contributed by atoms with Crippen LogP contribution in [0.25, 0.3) is 0 Å². The lowest BCUT2D eigenvalue weighted by Gasteiger charge is -2.65. The number of fused-ring (bicyclic) bond motifs is 3. The summed E-state index contributed by atoms with van der Waals surface area (Å²) in [7, 11) is 0. The number of carbonyl (C=O) groups is 3. The standard InChI is InChI=1S/C25H34O6/c1-9-12(3)22(28)30-19-20(27)24(6,7)18-16-14(5)11-15(26)17(18)25(16,8)21(19)31-23(29)13(4)10-2/h9-11,16-21,27H,1-8H3/b12-9-,13-10-/t16-,17+,18-,19-,20+,21+,25+/m0/s1. The molecule has 170 valence electrons. The van der Waals surface area contributed by atoms with Gasteiger partial charge in [0.05, 0.1) is 0 Å². The summed E-state index contributed by atoms with van der Waals surface area (Å²) in [6.07, 6.45) is 1.79. The zero-order valence-corrected chi connectivity index (χ0v) is 19.7. The van der Waals surface area contributed by atoms with E-state index in [1.54, 1.807) is 45.9 Å². The molecule has 0 unspecified atom stereocenters. The van der Waals surface area contributed by atoms with Crippen LogP contribution in [0.4, 0.5) is 0 Å². The molecule has 3 saturated carbocycles. The first-order chi connectivity index (χ1) is 14.3. The number of aliphatic hydroxyl groups excluding tert-OH is 1. The molecule has 0 aromatic carbocycles. The summed E-state index contributed by atoms with van der Waals surface area (Å²) in [4.78, 5) is 38.6. The molecule has 1 N–H and O–H groups in total. The van der Waals surface area contributed by atoms with Gasteiger partial charge in [-0.2, -0.15) is 0 Å². The topological polar surface area (TPSA) is 89.9 Å². The predicted molar refractivity (Wildman–Crippen MR) is 116 cm³/mol. The van der Waals surface area contributed by atoms with Gasteiger partial charge in [0.25, 0.3) is 0 Å². The average Bonchev–Trinajstić information content (AvgIpc) is 2.78. The Labute approximate surface area is 184 Å². The van der Waals surface area contributed by atoms with E-state index in [-0.39, 0.29) is 17.6 Å². The van der Waals surface area contributed by atoms with Crippen molar-refractivity contribution in [3.05, 3.63) is 34.9 Å². The van der Waals surface area contributed by atoms with Crippen LogP contribution in [0.15, 0.2) is 34.9 Å². The van der Waals surface area contributed by atoms with Gasteiger partial charge in [-0.1, -0.05) is 38.5 Å². The van der Waals surface area contributed by atoms with Crippen molar-refractivity contribution in [2.24, 2.45) is 28.6 Å². The van der Waals surface area contributed by atoms with Crippen LogP contribution in [0.1, 0.15) is 55.4 Å². The van der Waals surface area contributed by atoms with E-state index in [0.29, 0.717) is 11.1 Å². The minimum Gasteiger partial charge on any atom is -0.454 e. The van der Waals surface area contributed by atoms with Gasteiger partial charge < -0.3 is 14.6 Å². The van der Waals surface area contributed by atoms with Crippen molar-refractivity contribution in [3.63, 3.8) is 0 Å². The fourth-order valence-corrected chi connectivity index (χ4v) is 6.04. The van der Waals surface area contributed by atoms with Crippen LogP contribution in [-0.4, -0.2) is 41.1 Å². The quantitative estimate of drug-likeness (QED) is 0.542. The Morgan fingerprint density at radius 2 is 1.52 bits per heavy atom. The number of aliphatic hydroxyl groups is 1. The number of ketones is 1. The van der Waals surface area contributed by atoms with E-state index in [1.807, 2.05) is 27.7 Å². The van der Waals surface area contributed by atoms with E-state index in [0.717, 1.165) is 5.57 Å². The van der Waals surface area contributed by atoms with Gasteiger partial charge in [0.1, 0.15) is 12.2 Å². The Bertz CT molecular complexity index is 907. The predicted octanol–water partition coefficient (Wildman–Crippen LogP) is 3.54. The van der Waals surface area contributed by atoms with E-state index in [1.165, 1.54) is 0 Å². The third kappa shape index (κ3) is 3.22. The Morgan fingerprint density at radius 3 is 2.00 bits per heavy atom. The minimum atomic E-state index is -1.11. The van der Waals surface area contributed by atoms with Crippen LogP contribution in [0.5, 0.6) is 0 Å². The van der Waals surface area contributed by atoms with Gasteiger partial charge >= 0.3 is 11.9 Å². The Kier molecular flexibility index (Phi) is 5.85. The van der Waals surface area contributed by atoms with Crippen LogP contribution >= 0.6 is 0 Å². The van der Waals surface area contributed by atoms with Crippen molar-refractivity contribution in [3.8, 4) is 0 Å². The fraction of sp³-hybridized carbons (Fsp3) is 0.640. The van der Waals surface area contributed by atoms with Gasteiger partial charge in [-0.15, -0.1) is 0 Å². The van der Waals surface area contributed by atoms with Crippen molar-refractivity contribution in [2.45, 2.75) is 73.7 Å². The van der Waals surface area contributed by atoms with Gasteiger partial charge in [-0.25, -0.2) is 9.59 Å². The summed E-state index contributed by atoms with van der Waals surface area (Å²) >= 11 is 0. The number of ether oxygens (including phenoxy) is 2. The first-order valence-corrected chi connectivity index (χ1v) is 10.9. The highest BCUT2D eigenvalue weighted by Gasteiger charge is 2.76. The second kappa shape index (κ2) is 7.73. The molecule has 0 aromatic heterocycles. The summed E-state index contributed by atoms with van der Waals surface area (Å²) in [5.41, 5.74) is 0.227. The molecule has 0 radical (unpaired) electrons. The second-order valence-electron chi connectivity index (χ2n) is 10.0. The lowest BCUT2D eigenvalue weighted by Crippen LogP contribution is -2.68. The van der Waals surface area contributed by atoms with E-state index < -0.39 is 47.0 Å². The molecule has 4 aliphatic rings. The van der Waals surface area contributed by atoms with Gasteiger partial charge in [0, 0.05) is 22.5 Å². The molecule has 0 aromatic rings. The molecule has 4 aliphatic carbocycles. The molecule has 0 aliphatic heterocycles. The summed E-state index contributed by atoms with van der Waals surface area (Å²) in [5.74, 6) is -1.73. The van der Waals surface area contributed by atoms with E-state index >= 15 is 0 Å². The van der Waals surface area contributed by atoms with Crippen LogP contribution in [0.3, 0.4) is 0 Å². The minimum absolute atomic E-state index is 0.0202. The molecule has 0 amide bonds. The summed E-state index contributed by atoms with van der Waals surface area (Å²) in [6, 6.07) is 0. The summed E-state index contributed by atoms with van der Waals surface area (Å²) in [6.45, 7) is 14.4. The second-order valence-corrected chi connectivity index (χ2v) is 10.0. The highest BCUT2D eigenvalue weighted by Crippen LogP contribution is 2.72. The molecule has 0 heterocycles. The van der Waals surface area contributed by atoms with Crippen molar-refractivity contribution < 1.29 is 29.0 Å². The maximum Gasteiger partial charge on any atom is 0.333 e. The van der Waals surface area contributed by atoms with Crippen LogP contribution in [0, 0.1) is 28.6 Å². The Balaban J connectivity index is 2.17. The molecular formula is C25H34O6. The number of rotatable bonds is 4. The van der Waals surface area contributed by atoms with Crippen molar-refractivity contribution >= 4 is 17.7 Å². The summed E-state index contributed by atoms with van der Waals surface area (Å²) in [5, 5.41) is 11.5. The van der Waals surface area contributed by atoms with Crippen LogP contribution < -0.4 is 0 Å². The zero-order chi connectivity index (χ0) is 23.5. The van der Waals surface area contributed by atoms with E-state index in [4.69, 9.17) is 9.47 Å². The normalized spacial score (nSPS) is 39.1. The number of allylic oxidation sites excluding steroid dienone is 4.